The van der Waals surface area contributed by atoms with Gasteiger partial charge in [0.15, 0.2) is 24.3 Å². The smallest absolute Gasteiger partial charge is 0.416 e. The molecule has 24 heavy (non-hydrogen) atoms. The molecule has 0 saturated heterocycles. The van der Waals surface area contributed by atoms with E-state index in [1.165, 1.54) is 6.07 Å². The van der Waals surface area contributed by atoms with Crippen molar-refractivity contribution < 1.29 is 31.5 Å². The maximum Gasteiger partial charge on any atom is 0.416 e. The molecule has 0 amide bonds. The predicted octanol–water partition coefficient (Wildman–Crippen LogP) is 3.75. The van der Waals surface area contributed by atoms with Crippen LogP contribution >= 0.6 is 0 Å². The number of aryl methyl sites for hydroxylation is 1. The highest BCUT2D eigenvalue weighted by Crippen LogP contribution is 2.31. The first-order valence-corrected chi connectivity index (χ1v) is 6.94. The summed E-state index contributed by atoms with van der Waals surface area (Å²) in [5.41, 5.74) is -0.578. The lowest BCUT2D eigenvalue weighted by Crippen LogP contribution is -2.08. The van der Waals surface area contributed by atoms with Gasteiger partial charge in [-0.3, -0.25) is 0 Å². The van der Waals surface area contributed by atoms with Crippen molar-refractivity contribution in [1.29, 1.82) is 0 Å². The molecule has 0 spiro atoms. The molecule has 126 valence electrons. The Labute approximate surface area is 133 Å². The van der Waals surface area contributed by atoms with Crippen molar-refractivity contribution in [2.24, 2.45) is 0 Å². The van der Waals surface area contributed by atoms with E-state index in [2.05, 4.69) is 9.97 Å². The Morgan fingerprint density at radius 2 is 2.12 bits per heavy atom. The second-order valence-corrected chi connectivity index (χ2v) is 4.84. The van der Waals surface area contributed by atoms with E-state index in [0.29, 0.717) is 12.2 Å². The van der Waals surface area contributed by atoms with Crippen LogP contribution in [0.3, 0.4) is 0 Å². The average molecular weight is 340 g/mol. The molecule has 0 aliphatic rings. The van der Waals surface area contributed by atoms with Crippen molar-refractivity contribution in [3.05, 3.63) is 47.5 Å². The molecule has 0 radical (unpaired) electrons. The van der Waals surface area contributed by atoms with Crippen molar-refractivity contribution >= 4 is 17.1 Å². The molecule has 2 heterocycles. The number of aromatic nitrogens is 2. The number of hydrogen-bond donors (Lipinski definition) is 0. The fraction of sp³-hybridized carbons (Fsp3) is 0.267. The minimum atomic E-state index is -4.47. The number of esters is 1. The SMILES string of the molecule is CCc1ocnc1C(=O)OCc1nc2cc(C(F)(F)F)ccc2o1. The number of fused-ring (bicyclic) bond motifs is 1. The maximum absolute atomic E-state index is 12.7. The fourth-order valence-electron chi connectivity index (χ4n) is 2.10. The fourth-order valence-corrected chi connectivity index (χ4v) is 2.10. The number of hydrogen-bond acceptors (Lipinski definition) is 6. The number of carbonyl (C=O) groups is 1. The van der Waals surface area contributed by atoms with Gasteiger partial charge in [-0.15, -0.1) is 0 Å². The van der Waals surface area contributed by atoms with Crippen LogP contribution in [0.1, 0.15) is 34.6 Å². The zero-order valence-electron chi connectivity index (χ0n) is 12.4. The Hall–Kier alpha value is -2.84. The van der Waals surface area contributed by atoms with Gasteiger partial charge in [-0.25, -0.2) is 14.8 Å². The van der Waals surface area contributed by atoms with Gasteiger partial charge in [-0.1, -0.05) is 6.92 Å². The molecule has 0 unspecified atom stereocenters. The zero-order chi connectivity index (χ0) is 17.3. The average Bonchev–Trinajstić information content (AvgIpc) is 3.16. The normalized spacial score (nSPS) is 11.8. The molecular weight excluding hydrogens is 329 g/mol. The molecule has 6 nitrogen and oxygen atoms in total. The van der Waals surface area contributed by atoms with Crippen molar-refractivity contribution in [3.63, 3.8) is 0 Å². The standard InChI is InChI=1S/C15H11F3N2O4/c1-2-10-13(19-7-23-10)14(21)22-6-12-20-9-5-8(15(16,17)18)3-4-11(9)24-12/h3-5,7H,2,6H2,1H3. The van der Waals surface area contributed by atoms with Gasteiger partial charge < -0.3 is 13.6 Å². The van der Waals surface area contributed by atoms with Gasteiger partial charge in [0, 0.05) is 6.42 Å². The van der Waals surface area contributed by atoms with Gasteiger partial charge in [0.1, 0.15) is 11.3 Å². The van der Waals surface area contributed by atoms with Crippen LogP contribution in [0.25, 0.3) is 11.1 Å². The first kappa shape index (κ1) is 16.0. The van der Waals surface area contributed by atoms with E-state index in [4.69, 9.17) is 13.6 Å². The third kappa shape index (κ3) is 3.10. The first-order chi connectivity index (χ1) is 11.4. The number of ether oxygens (including phenoxy) is 1. The highest BCUT2D eigenvalue weighted by molar-refractivity contribution is 5.88. The summed E-state index contributed by atoms with van der Waals surface area (Å²) < 4.78 is 53.3. The molecule has 0 aliphatic heterocycles. The first-order valence-electron chi connectivity index (χ1n) is 6.94. The molecule has 0 aliphatic carbocycles. The Morgan fingerprint density at radius 3 is 2.83 bits per heavy atom. The van der Waals surface area contributed by atoms with Crippen LogP contribution < -0.4 is 0 Å². The summed E-state index contributed by atoms with van der Waals surface area (Å²) in [7, 11) is 0. The van der Waals surface area contributed by atoms with Gasteiger partial charge in [0.05, 0.1) is 5.56 Å². The van der Waals surface area contributed by atoms with Crippen molar-refractivity contribution in [3.8, 4) is 0 Å². The van der Waals surface area contributed by atoms with Crippen molar-refractivity contribution in [2.45, 2.75) is 26.1 Å². The van der Waals surface area contributed by atoms with Crippen LogP contribution in [0.15, 0.2) is 33.4 Å². The predicted molar refractivity (Wildman–Crippen MR) is 74.0 cm³/mol. The topological polar surface area (TPSA) is 78.4 Å². The molecule has 0 fully saturated rings. The highest BCUT2D eigenvalue weighted by Gasteiger charge is 2.31. The molecule has 1 aromatic carbocycles. The van der Waals surface area contributed by atoms with Gasteiger partial charge >= 0.3 is 12.1 Å². The van der Waals surface area contributed by atoms with E-state index < -0.39 is 17.7 Å². The van der Waals surface area contributed by atoms with Gasteiger partial charge in [-0.2, -0.15) is 13.2 Å². The Balaban J connectivity index is 1.75. The van der Waals surface area contributed by atoms with E-state index in [-0.39, 0.29) is 29.3 Å². The minimum absolute atomic E-state index is 0.0146. The van der Waals surface area contributed by atoms with Crippen LogP contribution in [0, 0.1) is 0 Å². The van der Waals surface area contributed by atoms with Gasteiger partial charge in [-0.05, 0) is 18.2 Å². The third-order valence-corrected chi connectivity index (χ3v) is 3.24. The lowest BCUT2D eigenvalue weighted by Gasteiger charge is -2.04. The number of alkyl halides is 3. The summed E-state index contributed by atoms with van der Waals surface area (Å²) in [6, 6.07) is 2.94. The highest BCUT2D eigenvalue weighted by atomic mass is 19.4. The molecule has 3 rings (SSSR count). The lowest BCUT2D eigenvalue weighted by atomic mass is 10.2. The largest absolute Gasteiger partial charge is 0.451 e. The van der Waals surface area contributed by atoms with E-state index >= 15 is 0 Å². The minimum Gasteiger partial charge on any atom is -0.451 e. The maximum atomic E-state index is 12.7. The summed E-state index contributed by atoms with van der Waals surface area (Å²) in [6.07, 6.45) is -2.87. The monoisotopic (exact) mass is 340 g/mol. The third-order valence-electron chi connectivity index (χ3n) is 3.24. The van der Waals surface area contributed by atoms with Gasteiger partial charge in [0.25, 0.3) is 0 Å². The Bertz CT molecular complexity index is 882. The lowest BCUT2D eigenvalue weighted by molar-refractivity contribution is -0.137. The number of oxazole rings is 2. The van der Waals surface area contributed by atoms with Crippen LogP contribution in [-0.2, 0) is 23.9 Å². The van der Waals surface area contributed by atoms with E-state index in [1.54, 1.807) is 6.92 Å². The molecular formula is C15H11F3N2O4. The molecule has 9 heteroatoms. The second kappa shape index (κ2) is 5.99. The molecule has 0 saturated carbocycles. The van der Waals surface area contributed by atoms with Crippen molar-refractivity contribution in [1.82, 2.24) is 9.97 Å². The molecule has 3 aromatic rings. The number of halogens is 3. The van der Waals surface area contributed by atoms with Crippen LogP contribution in [0.2, 0.25) is 0 Å². The molecule has 0 bridgehead atoms. The van der Waals surface area contributed by atoms with Crippen LogP contribution in [0.5, 0.6) is 0 Å². The van der Waals surface area contributed by atoms with E-state index in [9.17, 15) is 18.0 Å². The quantitative estimate of drug-likeness (QED) is 0.673. The number of carbonyl (C=O) groups excluding carboxylic acids is 1. The zero-order valence-corrected chi connectivity index (χ0v) is 12.4. The molecule has 2 aromatic heterocycles. The second-order valence-electron chi connectivity index (χ2n) is 4.84. The van der Waals surface area contributed by atoms with E-state index in [1.807, 2.05) is 0 Å². The van der Waals surface area contributed by atoms with Crippen LogP contribution in [-0.4, -0.2) is 15.9 Å². The molecule has 0 N–H and O–H groups in total. The summed E-state index contributed by atoms with van der Waals surface area (Å²) >= 11 is 0. The number of benzene rings is 1. The number of rotatable bonds is 4. The van der Waals surface area contributed by atoms with Crippen LogP contribution in [0.4, 0.5) is 13.2 Å². The summed E-state index contributed by atoms with van der Waals surface area (Å²) in [6.45, 7) is 1.46. The summed E-state index contributed by atoms with van der Waals surface area (Å²) in [4.78, 5) is 19.6. The Kier molecular flexibility index (Phi) is 4.00. The van der Waals surface area contributed by atoms with Gasteiger partial charge in [0.2, 0.25) is 5.89 Å². The summed E-state index contributed by atoms with van der Waals surface area (Å²) in [5, 5.41) is 0. The molecule has 0 atom stereocenters. The summed E-state index contributed by atoms with van der Waals surface area (Å²) in [5.74, 6) is -0.356. The Morgan fingerprint density at radius 1 is 1.33 bits per heavy atom. The van der Waals surface area contributed by atoms with Crippen molar-refractivity contribution in [2.75, 3.05) is 0 Å². The van der Waals surface area contributed by atoms with E-state index in [0.717, 1.165) is 18.5 Å². The number of nitrogens with zero attached hydrogens (tertiary/aromatic N) is 2.